The van der Waals surface area contributed by atoms with Crippen LogP contribution in [0.1, 0.15) is 53.1 Å². The number of rotatable bonds is 9. The molecule has 0 saturated heterocycles. The average Bonchev–Trinajstić information content (AvgIpc) is 2.44. The number of nitrogens with zero attached hydrogens (tertiary/aromatic N) is 1. The SMILES string of the molecule is CCN(CC)CC(C)NC(C)c1ccc(OC(C)C)cc1. The fourth-order valence-corrected chi connectivity index (χ4v) is 2.55. The molecular formula is C18H32N2O. The van der Waals surface area contributed by atoms with Crippen LogP contribution < -0.4 is 10.1 Å². The summed E-state index contributed by atoms with van der Waals surface area (Å²) in [5.41, 5.74) is 1.30. The highest BCUT2D eigenvalue weighted by molar-refractivity contribution is 5.29. The summed E-state index contributed by atoms with van der Waals surface area (Å²) >= 11 is 0. The van der Waals surface area contributed by atoms with Gasteiger partial charge in [0.15, 0.2) is 0 Å². The summed E-state index contributed by atoms with van der Waals surface area (Å²) in [7, 11) is 0. The van der Waals surface area contributed by atoms with E-state index in [4.69, 9.17) is 4.74 Å². The molecule has 2 unspecified atom stereocenters. The minimum Gasteiger partial charge on any atom is -0.491 e. The monoisotopic (exact) mass is 292 g/mol. The summed E-state index contributed by atoms with van der Waals surface area (Å²) in [5, 5.41) is 3.67. The lowest BCUT2D eigenvalue weighted by atomic mass is 10.1. The summed E-state index contributed by atoms with van der Waals surface area (Å²) < 4.78 is 5.68. The van der Waals surface area contributed by atoms with Crippen LogP contribution in [0.5, 0.6) is 5.75 Å². The van der Waals surface area contributed by atoms with Gasteiger partial charge in [-0.1, -0.05) is 26.0 Å². The Morgan fingerprint density at radius 2 is 1.57 bits per heavy atom. The van der Waals surface area contributed by atoms with E-state index in [1.54, 1.807) is 0 Å². The van der Waals surface area contributed by atoms with Crippen LogP contribution in [0.25, 0.3) is 0 Å². The molecule has 3 heteroatoms. The first-order chi connectivity index (χ1) is 9.96. The quantitative estimate of drug-likeness (QED) is 0.748. The van der Waals surface area contributed by atoms with Gasteiger partial charge in [-0.2, -0.15) is 0 Å². The van der Waals surface area contributed by atoms with Crippen LogP contribution in [0.4, 0.5) is 0 Å². The van der Waals surface area contributed by atoms with Crippen molar-refractivity contribution < 1.29 is 4.74 Å². The maximum absolute atomic E-state index is 5.68. The molecule has 0 aliphatic rings. The highest BCUT2D eigenvalue weighted by Crippen LogP contribution is 2.19. The van der Waals surface area contributed by atoms with Gasteiger partial charge in [0, 0.05) is 18.6 Å². The van der Waals surface area contributed by atoms with Crippen molar-refractivity contribution in [2.24, 2.45) is 0 Å². The molecule has 1 N–H and O–H groups in total. The Morgan fingerprint density at radius 3 is 2.05 bits per heavy atom. The standard InChI is InChI=1S/C18H32N2O/c1-7-20(8-2)13-15(5)19-16(6)17-9-11-18(12-10-17)21-14(3)4/h9-12,14-16,19H,7-8,13H2,1-6H3. The Hall–Kier alpha value is -1.06. The molecule has 0 heterocycles. The fraction of sp³-hybridized carbons (Fsp3) is 0.667. The Bertz CT molecular complexity index is 385. The van der Waals surface area contributed by atoms with Crippen LogP contribution in [0.15, 0.2) is 24.3 Å². The van der Waals surface area contributed by atoms with Gasteiger partial charge in [-0.25, -0.2) is 0 Å². The first kappa shape index (κ1) is 18.0. The lowest BCUT2D eigenvalue weighted by molar-refractivity contribution is 0.242. The minimum atomic E-state index is 0.223. The molecule has 0 saturated carbocycles. The number of benzene rings is 1. The van der Waals surface area contributed by atoms with Crippen LogP contribution in [0.2, 0.25) is 0 Å². The van der Waals surface area contributed by atoms with Crippen molar-refractivity contribution in [3.05, 3.63) is 29.8 Å². The van der Waals surface area contributed by atoms with Crippen LogP contribution in [0.3, 0.4) is 0 Å². The molecule has 0 fully saturated rings. The second-order valence-electron chi connectivity index (χ2n) is 6.01. The predicted molar refractivity (Wildman–Crippen MR) is 91.0 cm³/mol. The van der Waals surface area contributed by atoms with Crippen LogP contribution in [-0.4, -0.2) is 36.7 Å². The maximum atomic E-state index is 5.68. The summed E-state index contributed by atoms with van der Waals surface area (Å²) in [6.07, 6.45) is 0.223. The number of hydrogen-bond donors (Lipinski definition) is 1. The zero-order valence-corrected chi connectivity index (χ0v) is 14.5. The molecular weight excluding hydrogens is 260 g/mol. The highest BCUT2D eigenvalue weighted by Gasteiger charge is 2.12. The number of hydrogen-bond acceptors (Lipinski definition) is 3. The normalized spacial score (nSPS) is 14.5. The molecule has 3 nitrogen and oxygen atoms in total. The smallest absolute Gasteiger partial charge is 0.119 e. The van der Waals surface area contributed by atoms with Gasteiger partial charge in [0.2, 0.25) is 0 Å². The van der Waals surface area contributed by atoms with Crippen LogP contribution >= 0.6 is 0 Å². The van der Waals surface area contributed by atoms with Crippen molar-refractivity contribution in [3.63, 3.8) is 0 Å². The molecule has 2 atom stereocenters. The number of ether oxygens (including phenoxy) is 1. The third-order valence-electron chi connectivity index (χ3n) is 3.71. The predicted octanol–water partition coefficient (Wildman–Crippen LogP) is 3.85. The number of likely N-dealkylation sites (N-methyl/N-ethyl adjacent to an activating group) is 1. The van der Waals surface area contributed by atoms with Gasteiger partial charge < -0.3 is 15.0 Å². The van der Waals surface area contributed by atoms with Crippen LogP contribution in [0, 0.1) is 0 Å². The molecule has 0 spiro atoms. The van der Waals surface area contributed by atoms with E-state index in [1.807, 2.05) is 13.8 Å². The molecule has 0 bridgehead atoms. The molecule has 120 valence electrons. The van der Waals surface area contributed by atoms with E-state index < -0.39 is 0 Å². The van der Waals surface area contributed by atoms with Crippen LogP contribution in [-0.2, 0) is 0 Å². The summed E-state index contributed by atoms with van der Waals surface area (Å²) in [6, 6.07) is 9.25. The lowest BCUT2D eigenvalue weighted by Gasteiger charge is -2.26. The van der Waals surface area contributed by atoms with Crippen molar-refractivity contribution in [1.82, 2.24) is 10.2 Å². The Balaban J connectivity index is 2.52. The summed E-state index contributed by atoms with van der Waals surface area (Å²) in [4.78, 5) is 2.45. The van der Waals surface area contributed by atoms with Gasteiger partial charge in [0.1, 0.15) is 5.75 Å². The molecule has 0 amide bonds. The van der Waals surface area contributed by atoms with Gasteiger partial charge in [0.25, 0.3) is 0 Å². The van der Waals surface area contributed by atoms with Crippen molar-refractivity contribution >= 4 is 0 Å². The lowest BCUT2D eigenvalue weighted by Crippen LogP contribution is -2.40. The fourth-order valence-electron chi connectivity index (χ4n) is 2.55. The van der Waals surface area contributed by atoms with E-state index in [0.717, 1.165) is 25.4 Å². The zero-order valence-electron chi connectivity index (χ0n) is 14.5. The first-order valence-corrected chi connectivity index (χ1v) is 8.21. The second kappa shape index (κ2) is 9.06. The molecule has 21 heavy (non-hydrogen) atoms. The molecule has 1 aromatic carbocycles. The maximum Gasteiger partial charge on any atom is 0.119 e. The van der Waals surface area contributed by atoms with E-state index in [0.29, 0.717) is 12.1 Å². The summed E-state index contributed by atoms with van der Waals surface area (Å²) in [5.74, 6) is 0.942. The van der Waals surface area contributed by atoms with Crippen molar-refractivity contribution in [2.75, 3.05) is 19.6 Å². The molecule has 0 radical (unpaired) electrons. The summed E-state index contributed by atoms with van der Waals surface area (Å²) in [6.45, 7) is 16.3. The molecule has 0 aromatic heterocycles. The Morgan fingerprint density at radius 1 is 1.00 bits per heavy atom. The zero-order chi connectivity index (χ0) is 15.8. The third-order valence-corrected chi connectivity index (χ3v) is 3.71. The van der Waals surface area contributed by atoms with E-state index >= 15 is 0 Å². The topological polar surface area (TPSA) is 24.5 Å². The Labute approximate surface area is 130 Å². The van der Waals surface area contributed by atoms with E-state index in [9.17, 15) is 0 Å². The number of nitrogens with one attached hydrogen (secondary N) is 1. The average molecular weight is 292 g/mol. The first-order valence-electron chi connectivity index (χ1n) is 8.21. The third kappa shape index (κ3) is 6.49. The van der Waals surface area contributed by atoms with E-state index in [-0.39, 0.29) is 6.10 Å². The van der Waals surface area contributed by atoms with Gasteiger partial charge >= 0.3 is 0 Å². The van der Waals surface area contributed by atoms with E-state index in [2.05, 4.69) is 62.2 Å². The van der Waals surface area contributed by atoms with Gasteiger partial charge in [0.05, 0.1) is 6.10 Å². The second-order valence-corrected chi connectivity index (χ2v) is 6.01. The molecule has 0 aliphatic carbocycles. The molecule has 1 aromatic rings. The van der Waals surface area contributed by atoms with Crippen molar-refractivity contribution in [2.45, 2.75) is 59.7 Å². The largest absolute Gasteiger partial charge is 0.491 e. The van der Waals surface area contributed by atoms with Crippen molar-refractivity contribution in [3.8, 4) is 5.75 Å². The Kier molecular flexibility index (Phi) is 7.76. The van der Waals surface area contributed by atoms with Gasteiger partial charge in [-0.3, -0.25) is 0 Å². The minimum absolute atomic E-state index is 0.223. The van der Waals surface area contributed by atoms with Gasteiger partial charge in [-0.15, -0.1) is 0 Å². The molecule has 1 rings (SSSR count). The van der Waals surface area contributed by atoms with Gasteiger partial charge in [-0.05, 0) is 58.5 Å². The van der Waals surface area contributed by atoms with E-state index in [1.165, 1.54) is 5.56 Å². The van der Waals surface area contributed by atoms with Crippen molar-refractivity contribution in [1.29, 1.82) is 0 Å². The molecule has 0 aliphatic heterocycles. The highest BCUT2D eigenvalue weighted by atomic mass is 16.5.